The molecule has 0 unspecified atom stereocenters. The molecule has 0 fully saturated rings. The van der Waals surface area contributed by atoms with Gasteiger partial charge in [-0.3, -0.25) is 0 Å². The molecule has 1 aromatic carbocycles. The number of aromatic nitrogens is 1. The molecular formula is C14H13ClN2O3. The van der Waals surface area contributed by atoms with Gasteiger partial charge in [-0.1, -0.05) is 11.6 Å². The van der Waals surface area contributed by atoms with Gasteiger partial charge in [0.2, 0.25) is 0 Å². The van der Waals surface area contributed by atoms with E-state index < -0.39 is 5.97 Å². The summed E-state index contributed by atoms with van der Waals surface area (Å²) in [6.07, 6.45) is 0. The van der Waals surface area contributed by atoms with Crippen LogP contribution in [0.4, 0.5) is 11.5 Å². The van der Waals surface area contributed by atoms with E-state index in [2.05, 4.69) is 10.3 Å². The number of carboxylic acid groups (broad SMARTS) is 1. The van der Waals surface area contributed by atoms with Gasteiger partial charge in [-0.15, -0.1) is 0 Å². The second kappa shape index (κ2) is 5.79. The molecule has 0 aliphatic rings. The minimum Gasteiger partial charge on any atom is -0.495 e. The lowest BCUT2D eigenvalue weighted by Crippen LogP contribution is -2.03. The quantitative estimate of drug-likeness (QED) is 0.902. The number of aryl methyl sites for hydroxylation is 1. The lowest BCUT2D eigenvalue weighted by atomic mass is 10.2. The second-order valence-electron chi connectivity index (χ2n) is 4.11. The van der Waals surface area contributed by atoms with E-state index in [-0.39, 0.29) is 5.56 Å². The Labute approximate surface area is 121 Å². The van der Waals surface area contributed by atoms with Crippen molar-refractivity contribution in [1.29, 1.82) is 0 Å². The molecule has 0 saturated carbocycles. The van der Waals surface area contributed by atoms with E-state index in [1.165, 1.54) is 13.2 Å². The number of carboxylic acids is 1. The molecule has 0 atom stereocenters. The van der Waals surface area contributed by atoms with Crippen LogP contribution in [-0.2, 0) is 0 Å². The van der Waals surface area contributed by atoms with E-state index >= 15 is 0 Å². The highest BCUT2D eigenvalue weighted by Gasteiger charge is 2.09. The average molecular weight is 293 g/mol. The molecule has 1 heterocycles. The molecule has 2 rings (SSSR count). The molecule has 0 aliphatic carbocycles. The number of methoxy groups -OCH3 is 1. The highest BCUT2D eigenvalue weighted by molar-refractivity contribution is 6.32. The first-order valence-electron chi connectivity index (χ1n) is 5.83. The molecule has 2 aromatic rings. The smallest absolute Gasteiger partial charge is 0.337 e. The zero-order chi connectivity index (χ0) is 14.7. The fourth-order valence-electron chi connectivity index (χ4n) is 1.74. The third-order valence-corrected chi connectivity index (χ3v) is 3.05. The fourth-order valence-corrected chi connectivity index (χ4v) is 1.94. The van der Waals surface area contributed by atoms with Crippen LogP contribution in [0.15, 0.2) is 30.3 Å². The molecule has 104 valence electrons. The topological polar surface area (TPSA) is 71.5 Å². The number of pyridine rings is 1. The van der Waals surface area contributed by atoms with Gasteiger partial charge in [-0.05, 0) is 31.2 Å². The summed E-state index contributed by atoms with van der Waals surface area (Å²) in [5.41, 5.74) is 1.38. The van der Waals surface area contributed by atoms with Crippen molar-refractivity contribution in [2.45, 2.75) is 6.92 Å². The van der Waals surface area contributed by atoms with Gasteiger partial charge in [-0.25, -0.2) is 9.78 Å². The molecule has 0 aliphatic heterocycles. The maximum absolute atomic E-state index is 10.9. The molecule has 0 spiro atoms. The summed E-state index contributed by atoms with van der Waals surface area (Å²) in [6.45, 7) is 1.65. The number of benzene rings is 1. The summed E-state index contributed by atoms with van der Waals surface area (Å²) in [4.78, 5) is 15.1. The summed E-state index contributed by atoms with van der Waals surface area (Å²) < 4.78 is 5.13. The van der Waals surface area contributed by atoms with Crippen LogP contribution in [0.1, 0.15) is 16.1 Å². The van der Waals surface area contributed by atoms with Crippen LogP contribution in [-0.4, -0.2) is 23.2 Å². The van der Waals surface area contributed by atoms with Crippen LogP contribution in [0.25, 0.3) is 0 Å². The summed E-state index contributed by atoms with van der Waals surface area (Å²) in [5, 5.41) is 12.5. The first kappa shape index (κ1) is 14.1. The SMILES string of the molecule is COc1cc(Nc2ccc(C(=O)O)c(C)n2)ccc1Cl. The van der Waals surface area contributed by atoms with Crippen LogP contribution < -0.4 is 10.1 Å². The minimum atomic E-state index is -0.991. The van der Waals surface area contributed by atoms with E-state index in [1.807, 2.05) is 0 Å². The lowest BCUT2D eigenvalue weighted by Gasteiger charge is -2.10. The largest absolute Gasteiger partial charge is 0.495 e. The van der Waals surface area contributed by atoms with Gasteiger partial charge in [0, 0.05) is 11.8 Å². The number of aromatic carboxylic acids is 1. The van der Waals surface area contributed by atoms with Gasteiger partial charge in [0.25, 0.3) is 0 Å². The van der Waals surface area contributed by atoms with Crippen LogP contribution in [0, 0.1) is 6.92 Å². The monoisotopic (exact) mass is 292 g/mol. The van der Waals surface area contributed by atoms with E-state index in [0.29, 0.717) is 22.3 Å². The maximum atomic E-state index is 10.9. The van der Waals surface area contributed by atoms with Gasteiger partial charge in [0.05, 0.1) is 23.4 Å². The zero-order valence-electron chi connectivity index (χ0n) is 11.0. The predicted molar refractivity (Wildman–Crippen MR) is 77.2 cm³/mol. The van der Waals surface area contributed by atoms with Gasteiger partial charge >= 0.3 is 5.97 Å². The first-order chi connectivity index (χ1) is 9.51. The highest BCUT2D eigenvalue weighted by atomic mass is 35.5. The fraction of sp³-hybridized carbons (Fsp3) is 0.143. The van der Waals surface area contributed by atoms with E-state index in [9.17, 15) is 4.79 Å². The van der Waals surface area contributed by atoms with Crippen molar-refractivity contribution in [1.82, 2.24) is 4.98 Å². The molecule has 0 bridgehead atoms. The molecule has 2 N–H and O–H groups in total. The van der Waals surface area contributed by atoms with Crippen LogP contribution in [0.3, 0.4) is 0 Å². The number of carbonyl (C=O) groups is 1. The Balaban J connectivity index is 2.26. The summed E-state index contributed by atoms with van der Waals surface area (Å²) in [5.74, 6) is 0.113. The normalized spacial score (nSPS) is 10.2. The minimum absolute atomic E-state index is 0.184. The molecule has 6 heteroatoms. The van der Waals surface area contributed by atoms with Crippen LogP contribution in [0.5, 0.6) is 5.75 Å². The van der Waals surface area contributed by atoms with Crippen LogP contribution >= 0.6 is 11.6 Å². The molecule has 0 radical (unpaired) electrons. The number of hydrogen-bond donors (Lipinski definition) is 2. The molecule has 5 nitrogen and oxygen atoms in total. The Hall–Kier alpha value is -2.27. The molecule has 20 heavy (non-hydrogen) atoms. The second-order valence-corrected chi connectivity index (χ2v) is 4.52. The summed E-state index contributed by atoms with van der Waals surface area (Å²) in [7, 11) is 1.54. The first-order valence-corrected chi connectivity index (χ1v) is 6.20. The van der Waals surface area contributed by atoms with Crippen molar-refractivity contribution in [3.05, 3.63) is 46.6 Å². The van der Waals surface area contributed by atoms with Crippen molar-refractivity contribution in [3.8, 4) is 5.75 Å². The van der Waals surface area contributed by atoms with Gasteiger partial charge < -0.3 is 15.2 Å². The van der Waals surface area contributed by atoms with Crippen molar-refractivity contribution in [3.63, 3.8) is 0 Å². The van der Waals surface area contributed by atoms with Crippen molar-refractivity contribution >= 4 is 29.1 Å². The number of rotatable bonds is 4. The molecule has 1 aromatic heterocycles. The Morgan fingerprint density at radius 2 is 2.10 bits per heavy atom. The van der Waals surface area contributed by atoms with E-state index in [1.54, 1.807) is 31.2 Å². The summed E-state index contributed by atoms with van der Waals surface area (Å²) in [6, 6.07) is 8.36. The Kier molecular flexibility index (Phi) is 4.10. The Morgan fingerprint density at radius 3 is 2.70 bits per heavy atom. The number of nitrogens with one attached hydrogen (secondary N) is 1. The number of halogens is 1. The standard InChI is InChI=1S/C14H13ClN2O3/c1-8-10(14(18)19)4-6-13(16-8)17-9-3-5-11(15)12(7-9)20-2/h3-7H,1-2H3,(H,16,17)(H,18,19). The van der Waals surface area contributed by atoms with Crippen molar-refractivity contribution in [2.75, 3.05) is 12.4 Å². The molecule has 0 amide bonds. The van der Waals surface area contributed by atoms with E-state index in [0.717, 1.165) is 5.69 Å². The number of anilines is 2. The van der Waals surface area contributed by atoms with Gasteiger partial charge in [-0.2, -0.15) is 0 Å². The predicted octanol–water partition coefficient (Wildman–Crippen LogP) is 3.49. The number of ether oxygens (including phenoxy) is 1. The lowest BCUT2D eigenvalue weighted by molar-refractivity contribution is 0.0695. The number of hydrogen-bond acceptors (Lipinski definition) is 4. The van der Waals surface area contributed by atoms with E-state index in [4.69, 9.17) is 21.4 Å². The third kappa shape index (κ3) is 3.00. The van der Waals surface area contributed by atoms with Gasteiger partial charge in [0.1, 0.15) is 11.6 Å². The molecular weight excluding hydrogens is 280 g/mol. The maximum Gasteiger partial charge on any atom is 0.337 e. The molecule has 0 saturated heterocycles. The highest BCUT2D eigenvalue weighted by Crippen LogP contribution is 2.28. The van der Waals surface area contributed by atoms with Gasteiger partial charge in [0.15, 0.2) is 0 Å². The van der Waals surface area contributed by atoms with Crippen molar-refractivity contribution < 1.29 is 14.6 Å². The Bertz CT molecular complexity index is 659. The summed E-state index contributed by atoms with van der Waals surface area (Å²) >= 11 is 5.95. The Morgan fingerprint density at radius 1 is 1.35 bits per heavy atom. The third-order valence-electron chi connectivity index (χ3n) is 2.74. The average Bonchev–Trinajstić information content (AvgIpc) is 2.40. The zero-order valence-corrected chi connectivity index (χ0v) is 11.7. The van der Waals surface area contributed by atoms with Crippen LogP contribution in [0.2, 0.25) is 5.02 Å². The number of nitrogens with zero attached hydrogens (tertiary/aromatic N) is 1. The van der Waals surface area contributed by atoms with Crippen molar-refractivity contribution in [2.24, 2.45) is 0 Å².